The molecule has 6 radical (unpaired) electrons. The molecule has 11 heteroatoms. The van der Waals surface area contributed by atoms with Crippen molar-refractivity contribution in [3.05, 3.63) is 36.9 Å². The fraction of sp³-hybridized carbons (Fsp3) is 0.368. The molecule has 0 bridgehead atoms. The first-order chi connectivity index (χ1) is 14.4. The second-order valence-electron chi connectivity index (χ2n) is 7.69. The summed E-state index contributed by atoms with van der Waals surface area (Å²) in [7, 11) is 16.6. The average Bonchev–Trinajstić information content (AvgIpc) is 3.34. The summed E-state index contributed by atoms with van der Waals surface area (Å²) >= 11 is 0. The summed E-state index contributed by atoms with van der Waals surface area (Å²) in [4.78, 5) is 17.0. The van der Waals surface area contributed by atoms with E-state index in [1.165, 1.54) is 0 Å². The topological polar surface area (TPSA) is 93.0 Å². The summed E-state index contributed by atoms with van der Waals surface area (Å²) in [6.45, 7) is 0. The van der Waals surface area contributed by atoms with Crippen LogP contribution in [0.2, 0.25) is 0 Å². The highest BCUT2D eigenvalue weighted by molar-refractivity contribution is 6.58. The third-order valence-corrected chi connectivity index (χ3v) is 5.34. The van der Waals surface area contributed by atoms with E-state index in [1.54, 1.807) is 10.7 Å². The summed E-state index contributed by atoms with van der Waals surface area (Å²) in [5, 5.41) is 6.92. The third-order valence-electron chi connectivity index (χ3n) is 5.34. The van der Waals surface area contributed by atoms with Crippen molar-refractivity contribution < 1.29 is 4.74 Å². The molecule has 0 spiro atoms. The Morgan fingerprint density at radius 3 is 2.77 bits per heavy atom. The molecular weight excluding hydrogens is 375 g/mol. The molecule has 1 saturated carbocycles. The summed E-state index contributed by atoms with van der Waals surface area (Å²) in [6.07, 6.45) is 10.7. The van der Waals surface area contributed by atoms with Crippen LogP contribution in [0.25, 0.3) is 27.9 Å². The fourth-order valence-electron chi connectivity index (χ4n) is 3.95. The number of nitrogens with zero attached hydrogens (tertiary/aromatic N) is 5. The van der Waals surface area contributed by atoms with Gasteiger partial charge in [-0.3, -0.25) is 0 Å². The first kappa shape index (κ1) is 19.2. The van der Waals surface area contributed by atoms with E-state index < -0.39 is 5.30 Å². The first-order valence-corrected chi connectivity index (χ1v) is 9.90. The minimum atomic E-state index is -1.58. The lowest BCUT2D eigenvalue weighted by molar-refractivity contribution is 0.0202. The summed E-state index contributed by atoms with van der Waals surface area (Å²) in [5.41, 5.74) is 3.34. The van der Waals surface area contributed by atoms with Gasteiger partial charge in [-0.2, -0.15) is 10.1 Å². The third kappa shape index (κ3) is 3.94. The molecule has 144 valence electrons. The molecule has 1 aliphatic carbocycles. The average molecular weight is 393 g/mol. The van der Waals surface area contributed by atoms with Gasteiger partial charge in [0.25, 0.3) is 0 Å². The van der Waals surface area contributed by atoms with Gasteiger partial charge in [0.05, 0.1) is 41.5 Å². The molecule has 0 amide bonds. The molecule has 0 atom stereocenters. The Morgan fingerprint density at radius 2 is 1.97 bits per heavy atom. The molecular formula is C19H18B3N7O. The number of rotatable bonds is 5. The van der Waals surface area contributed by atoms with Crippen LogP contribution in [0.1, 0.15) is 25.7 Å². The van der Waals surface area contributed by atoms with Gasteiger partial charge >= 0.3 is 0 Å². The van der Waals surface area contributed by atoms with Crippen LogP contribution in [0.15, 0.2) is 36.9 Å². The number of aromatic amines is 1. The monoisotopic (exact) mass is 393 g/mol. The van der Waals surface area contributed by atoms with E-state index in [2.05, 4.69) is 30.4 Å². The van der Waals surface area contributed by atoms with Crippen LogP contribution in [0, 0.1) is 0 Å². The number of H-pyrrole nitrogens is 1. The Hall–Kier alpha value is -2.81. The zero-order valence-corrected chi connectivity index (χ0v) is 16.3. The van der Waals surface area contributed by atoms with Gasteiger partial charge in [0.1, 0.15) is 5.65 Å². The van der Waals surface area contributed by atoms with E-state index in [0.29, 0.717) is 5.95 Å². The van der Waals surface area contributed by atoms with Crippen molar-refractivity contribution in [1.29, 1.82) is 0 Å². The lowest BCUT2D eigenvalue weighted by Crippen LogP contribution is -2.41. The molecule has 2 N–H and O–H groups in total. The van der Waals surface area contributed by atoms with Gasteiger partial charge in [-0.05, 0) is 37.0 Å². The van der Waals surface area contributed by atoms with Crippen molar-refractivity contribution >= 4 is 46.2 Å². The van der Waals surface area contributed by atoms with Crippen LogP contribution >= 0.6 is 0 Å². The molecule has 0 aliphatic heterocycles. The standard InChI is InChI=1S/C19H18B3N7O/c20-19(21,22)30-12-3-1-11(2-4-12)26-18-24-10-14-13(9-23-17(14)28-18)15-6-8-29-16(27-15)5-7-25-29/h5-12H,1-4H2,(H2,23,24,26,28). The fourth-order valence-corrected chi connectivity index (χ4v) is 3.95. The first-order valence-electron chi connectivity index (χ1n) is 9.90. The molecule has 0 saturated heterocycles. The highest BCUT2D eigenvalue weighted by Crippen LogP contribution is 2.28. The van der Waals surface area contributed by atoms with Gasteiger partial charge in [-0.1, -0.05) is 0 Å². The van der Waals surface area contributed by atoms with Crippen LogP contribution in [0.4, 0.5) is 5.95 Å². The van der Waals surface area contributed by atoms with Crippen LogP contribution < -0.4 is 5.32 Å². The lowest BCUT2D eigenvalue weighted by atomic mass is 9.52. The van der Waals surface area contributed by atoms with Crippen LogP contribution in [0.3, 0.4) is 0 Å². The summed E-state index contributed by atoms with van der Waals surface area (Å²) in [5.74, 6) is 0.588. The number of anilines is 1. The largest absolute Gasteiger partial charge is 0.400 e. The van der Waals surface area contributed by atoms with Crippen molar-refractivity contribution in [3.8, 4) is 11.3 Å². The van der Waals surface area contributed by atoms with Gasteiger partial charge in [-0.25, -0.2) is 14.5 Å². The van der Waals surface area contributed by atoms with Gasteiger partial charge in [0.15, 0.2) is 5.65 Å². The highest BCUT2D eigenvalue weighted by Gasteiger charge is 2.25. The second-order valence-corrected chi connectivity index (χ2v) is 7.69. The Morgan fingerprint density at radius 1 is 1.13 bits per heavy atom. The number of hydrogen-bond donors (Lipinski definition) is 2. The van der Waals surface area contributed by atoms with Gasteiger partial charge < -0.3 is 15.0 Å². The predicted octanol–water partition coefficient (Wildman–Crippen LogP) is 1.52. The molecule has 4 aromatic rings. The SMILES string of the molecule is [B]C([B])([B])OC1CCC(Nc2ncc3c(-c4ccn5nccc5n4)c[nH]c3n2)CC1. The van der Waals surface area contributed by atoms with E-state index in [0.717, 1.165) is 53.6 Å². The molecule has 4 heterocycles. The summed E-state index contributed by atoms with van der Waals surface area (Å²) in [6, 6.07) is 4.05. The number of fused-ring (bicyclic) bond motifs is 2. The molecule has 1 fully saturated rings. The normalized spacial score (nSPS) is 20.0. The minimum absolute atomic E-state index is 0.0296. The molecule has 4 aromatic heterocycles. The smallest absolute Gasteiger partial charge is 0.224 e. The second kappa shape index (κ2) is 7.47. The molecule has 0 unspecified atom stereocenters. The maximum atomic E-state index is 5.53. The van der Waals surface area contributed by atoms with Gasteiger partial charge in [-0.15, -0.1) is 0 Å². The van der Waals surface area contributed by atoms with E-state index >= 15 is 0 Å². The molecule has 1 aliphatic rings. The molecule has 8 nitrogen and oxygen atoms in total. The number of hydrogen-bond acceptors (Lipinski definition) is 6. The van der Waals surface area contributed by atoms with Crippen molar-refractivity contribution in [1.82, 2.24) is 29.5 Å². The van der Waals surface area contributed by atoms with Gasteiger partial charge in [0, 0.05) is 41.6 Å². The van der Waals surface area contributed by atoms with E-state index in [9.17, 15) is 0 Å². The van der Waals surface area contributed by atoms with Crippen LogP contribution in [0.5, 0.6) is 0 Å². The summed E-state index contributed by atoms with van der Waals surface area (Å²) < 4.78 is 7.19. The van der Waals surface area contributed by atoms with Crippen LogP contribution in [-0.4, -0.2) is 70.5 Å². The van der Waals surface area contributed by atoms with Crippen molar-refractivity contribution in [2.75, 3.05) is 5.32 Å². The molecule has 30 heavy (non-hydrogen) atoms. The zero-order valence-electron chi connectivity index (χ0n) is 16.3. The Labute approximate surface area is 177 Å². The van der Waals surface area contributed by atoms with Crippen molar-refractivity contribution in [3.63, 3.8) is 0 Å². The van der Waals surface area contributed by atoms with Crippen LogP contribution in [-0.2, 0) is 4.74 Å². The Bertz CT molecular complexity index is 1180. The maximum Gasteiger partial charge on any atom is 0.224 e. The zero-order chi connectivity index (χ0) is 20.7. The number of aromatic nitrogens is 6. The minimum Gasteiger partial charge on any atom is -0.400 e. The van der Waals surface area contributed by atoms with E-state index in [1.807, 2.05) is 30.7 Å². The van der Waals surface area contributed by atoms with Crippen molar-refractivity contribution in [2.45, 2.75) is 43.1 Å². The quantitative estimate of drug-likeness (QED) is 0.500. The number of ether oxygens (including phenoxy) is 1. The van der Waals surface area contributed by atoms with E-state index in [4.69, 9.17) is 28.3 Å². The molecule has 5 rings (SSSR count). The highest BCUT2D eigenvalue weighted by atomic mass is 16.5. The molecule has 0 aromatic carbocycles. The Kier molecular flexibility index (Phi) is 4.77. The van der Waals surface area contributed by atoms with Gasteiger partial charge in [0.2, 0.25) is 5.95 Å². The maximum absolute atomic E-state index is 5.53. The Balaban J connectivity index is 1.29. The number of nitrogens with one attached hydrogen (secondary N) is 2. The predicted molar refractivity (Wildman–Crippen MR) is 117 cm³/mol. The lowest BCUT2D eigenvalue weighted by Gasteiger charge is -2.34. The van der Waals surface area contributed by atoms with E-state index in [-0.39, 0.29) is 12.1 Å². The van der Waals surface area contributed by atoms with Crippen molar-refractivity contribution in [2.24, 2.45) is 0 Å².